The summed E-state index contributed by atoms with van der Waals surface area (Å²) in [4.78, 5) is 48.9. The van der Waals surface area contributed by atoms with Gasteiger partial charge in [-0.1, -0.05) is 0 Å². The van der Waals surface area contributed by atoms with E-state index in [0.717, 1.165) is 0 Å². The lowest BCUT2D eigenvalue weighted by Crippen LogP contribution is -2.65. The van der Waals surface area contributed by atoms with Crippen molar-refractivity contribution in [2.45, 2.75) is 24.5 Å². The van der Waals surface area contributed by atoms with Gasteiger partial charge in [-0.25, -0.2) is 9.97 Å². The number of aromatic hydroxyl groups is 1. The fraction of sp³-hybridized carbons (Fsp3) is 0.320. The summed E-state index contributed by atoms with van der Waals surface area (Å²) in [7, 11) is 3.10. The molecule has 36 heavy (non-hydrogen) atoms. The van der Waals surface area contributed by atoms with E-state index in [2.05, 4.69) is 9.97 Å². The van der Waals surface area contributed by atoms with Gasteiger partial charge in [0.05, 0.1) is 11.6 Å². The Bertz CT molecular complexity index is 1400. The number of aromatic nitrogens is 2. The molecule has 3 aliphatic carbocycles. The average Bonchev–Trinajstić information content (AvgIpc) is 2.81. The molecule has 1 aromatic heterocycles. The van der Waals surface area contributed by atoms with Gasteiger partial charge in [-0.05, 0) is 56.6 Å². The Morgan fingerprint density at radius 1 is 1.14 bits per heavy atom. The number of nitrogens with two attached hydrogens (primary N) is 1. The molecule has 11 nitrogen and oxygen atoms in total. The molecule has 6 N–H and O–H groups in total. The van der Waals surface area contributed by atoms with E-state index >= 15 is 0 Å². The molecule has 0 saturated heterocycles. The van der Waals surface area contributed by atoms with Crippen molar-refractivity contribution < 1.29 is 34.8 Å². The highest BCUT2D eigenvalue weighted by Gasteiger charge is 2.64. The first-order valence-electron chi connectivity index (χ1n) is 11.3. The van der Waals surface area contributed by atoms with Gasteiger partial charge in [-0.2, -0.15) is 0 Å². The van der Waals surface area contributed by atoms with Gasteiger partial charge in [0.25, 0.3) is 5.91 Å². The van der Waals surface area contributed by atoms with Gasteiger partial charge < -0.3 is 26.2 Å². The zero-order valence-electron chi connectivity index (χ0n) is 19.5. The number of carbonyl (C=O) groups is 3. The van der Waals surface area contributed by atoms with Gasteiger partial charge in [0, 0.05) is 29.4 Å². The zero-order valence-corrected chi connectivity index (χ0v) is 19.5. The number of hydrogen-bond acceptors (Lipinski definition) is 10. The van der Waals surface area contributed by atoms with Crippen LogP contribution in [0.4, 0.5) is 0 Å². The molecule has 4 atom stereocenters. The molecule has 0 aliphatic heterocycles. The lowest BCUT2D eigenvalue weighted by molar-refractivity contribution is -0.153. The summed E-state index contributed by atoms with van der Waals surface area (Å²) in [5.41, 5.74) is 2.66. The first-order chi connectivity index (χ1) is 17.0. The van der Waals surface area contributed by atoms with Crippen LogP contribution in [0.2, 0.25) is 0 Å². The molecular formula is C25H24N4O7. The molecule has 0 radical (unpaired) electrons. The second-order valence-corrected chi connectivity index (χ2v) is 9.52. The number of likely N-dealkylation sites (N-methyl/N-ethyl adjacent to an activating group) is 1. The smallest absolute Gasteiger partial charge is 0.255 e. The lowest BCUT2D eigenvalue weighted by atomic mass is 9.57. The molecule has 11 heteroatoms. The van der Waals surface area contributed by atoms with Crippen LogP contribution in [0.1, 0.15) is 17.5 Å². The van der Waals surface area contributed by atoms with E-state index in [-0.39, 0.29) is 29.7 Å². The van der Waals surface area contributed by atoms with Crippen LogP contribution >= 0.6 is 0 Å². The summed E-state index contributed by atoms with van der Waals surface area (Å²) in [6.45, 7) is 0. The lowest BCUT2D eigenvalue weighted by Gasteiger charge is -2.50. The quantitative estimate of drug-likeness (QED) is 0.376. The minimum absolute atomic E-state index is 0.00348. The number of hydrogen-bond donors (Lipinski definition) is 5. The van der Waals surface area contributed by atoms with Crippen molar-refractivity contribution in [2.24, 2.45) is 17.6 Å². The van der Waals surface area contributed by atoms with Gasteiger partial charge in [0.1, 0.15) is 22.8 Å². The van der Waals surface area contributed by atoms with Crippen LogP contribution in [0.5, 0.6) is 5.75 Å². The predicted octanol–water partition coefficient (Wildman–Crippen LogP) is 0.421. The topological polar surface area (TPSA) is 187 Å². The second-order valence-electron chi connectivity index (χ2n) is 9.52. The van der Waals surface area contributed by atoms with Crippen LogP contribution in [-0.2, 0) is 20.8 Å². The Morgan fingerprint density at radius 2 is 1.81 bits per heavy atom. The maximum Gasteiger partial charge on any atom is 0.255 e. The second kappa shape index (κ2) is 7.97. The van der Waals surface area contributed by atoms with E-state index in [1.54, 1.807) is 38.6 Å². The minimum atomic E-state index is -2.67. The third-order valence-corrected chi connectivity index (χ3v) is 7.41. The van der Waals surface area contributed by atoms with E-state index in [1.165, 1.54) is 11.0 Å². The highest BCUT2D eigenvalue weighted by atomic mass is 16.3. The van der Waals surface area contributed by atoms with Gasteiger partial charge in [-0.3, -0.25) is 19.3 Å². The van der Waals surface area contributed by atoms with Gasteiger partial charge in [-0.15, -0.1) is 0 Å². The van der Waals surface area contributed by atoms with Crippen molar-refractivity contribution in [3.63, 3.8) is 0 Å². The van der Waals surface area contributed by atoms with Crippen LogP contribution in [0, 0.1) is 11.8 Å². The van der Waals surface area contributed by atoms with Crippen LogP contribution in [-0.4, -0.2) is 78.5 Å². The third kappa shape index (κ3) is 3.02. The van der Waals surface area contributed by atoms with E-state index in [0.29, 0.717) is 17.0 Å². The van der Waals surface area contributed by atoms with Crippen molar-refractivity contribution in [3.05, 3.63) is 58.6 Å². The Labute approximate surface area is 205 Å². The maximum atomic E-state index is 13.8. The summed E-state index contributed by atoms with van der Waals surface area (Å²) in [5, 5.41) is 44.3. The Hall–Kier alpha value is -4.09. The number of fused-ring (bicyclic) bond motifs is 3. The van der Waals surface area contributed by atoms with E-state index in [1.807, 2.05) is 0 Å². The number of carbonyl (C=O) groups excluding carboxylic acids is 3. The SMILES string of the molecule is CN(C)[C@H]1C(=O)C(C(N)=O)=C(O)[C@@]2(O)C(=O)C3=C(O)c4c(O)ccc(-c5ncccn5)c4C[C@H]3C[C@@H]12. The van der Waals surface area contributed by atoms with E-state index in [9.17, 15) is 34.8 Å². The van der Waals surface area contributed by atoms with Crippen LogP contribution in [0.25, 0.3) is 17.1 Å². The Morgan fingerprint density at radius 3 is 2.42 bits per heavy atom. The van der Waals surface area contributed by atoms with Crippen LogP contribution in [0.15, 0.2) is 47.5 Å². The van der Waals surface area contributed by atoms with Gasteiger partial charge in [0.15, 0.2) is 17.2 Å². The molecule has 0 unspecified atom stereocenters. The summed E-state index contributed by atoms with van der Waals surface area (Å²) in [5.74, 6) is -6.53. The number of phenols is 1. The number of rotatable bonds is 3. The van der Waals surface area contributed by atoms with Gasteiger partial charge in [0.2, 0.25) is 5.78 Å². The fourth-order valence-electron chi connectivity index (χ4n) is 5.89. The van der Waals surface area contributed by atoms with Crippen molar-refractivity contribution in [3.8, 4) is 17.1 Å². The average molecular weight is 492 g/mol. The van der Waals surface area contributed by atoms with E-state index < -0.39 is 58.0 Å². The van der Waals surface area contributed by atoms with E-state index in [4.69, 9.17) is 5.73 Å². The van der Waals surface area contributed by atoms with Crippen molar-refractivity contribution >= 4 is 23.2 Å². The molecule has 1 saturated carbocycles. The molecule has 0 spiro atoms. The highest BCUT2D eigenvalue weighted by molar-refractivity contribution is 6.24. The molecule has 1 aromatic carbocycles. The third-order valence-electron chi connectivity index (χ3n) is 7.41. The number of phenolic OH excluding ortho intramolecular Hbond substituents is 1. The number of primary amides is 1. The number of Topliss-reactive ketones (excluding diaryl/α,β-unsaturated/α-hetero) is 2. The summed E-state index contributed by atoms with van der Waals surface area (Å²) in [6, 6.07) is 3.47. The molecule has 186 valence electrons. The number of nitrogens with zero attached hydrogens (tertiary/aromatic N) is 3. The zero-order chi connectivity index (χ0) is 26.1. The molecule has 1 heterocycles. The number of aliphatic hydroxyl groups excluding tert-OH is 2. The molecule has 2 aromatic rings. The molecule has 1 fully saturated rings. The minimum Gasteiger partial charge on any atom is -0.508 e. The standard InChI is InChI=1S/C25H24N4O7/c1-29(2)18-13-9-10-8-12-11(24-27-6-3-7-28-24)4-5-14(30)16(12)19(31)15(10)21(33)25(13,36)22(34)17(20(18)32)23(26)35/h3-7,10,13,18,30-31,34,36H,8-9H2,1-2H3,(H2,26,35)/t10-,13-,18+,25-/m0/s1. The predicted molar refractivity (Wildman–Crippen MR) is 125 cm³/mol. The molecular weight excluding hydrogens is 468 g/mol. The van der Waals surface area contributed by atoms with Gasteiger partial charge >= 0.3 is 0 Å². The monoisotopic (exact) mass is 492 g/mol. The first kappa shape index (κ1) is 23.6. The number of ketones is 2. The number of benzene rings is 1. The molecule has 1 amide bonds. The molecule has 5 rings (SSSR count). The van der Waals surface area contributed by atoms with Crippen LogP contribution in [0.3, 0.4) is 0 Å². The number of aliphatic hydroxyl groups is 3. The summed E-state index contributed by atoms with van der Waals surface area (Å²) < 4.78 is 0. The van der Waals surface area contributed by atoms with Crippen molar-refractivity contribution in [2.75, 3.05) is 14.1 Å². The summed E-state index contributed by atoms with van der Waals surface area (Å²) in [6.07, 6.45) is 3.28. The maximum absolute atomic E-state index is 13.8. The first-order valence-corrected chi connectivity index (χ1v) is 11.3. The Balaban J connectivity index is 1.75. The van der Waals surface area contributed by atoms with Crippen molar-refractivity contribution in [1.82, 2.24) is 14.9 Å². The molecule has 0 bridgehead atoms. The highest BCUT2D eigenvalue weighted by Crippen LogP contribution is 2.53. The molecule has 3 aliphatic rings. The Kier molecular flexibility index (Phi) is 5.23. The normalized spacial score (nSPS) is 27.6. The van der Waals surface area contributed by atoms with Crippen molar-refractivity contribution in [1.29, 1.82) is 0 Å². The largest absolute Gasteiger partial charge is 0.508 e. The van der Waals surface area contributed by atoms with Crippen LogP contribution < -0.4 is 5.73 Å². The fourth-order valence-corrected chi connectivity index (χ4v) is 5.89. The summed E-state index contributed by atoms with van der Waals surface area (Å²) >= 11 is 0. The number of amides is 1.